The van der Waals surface area contributed by atoms with Crippen LogP contribution in [0.1, 0.15) is 44.4 Å². The van der Waals surface area contributed by atoms with Crippen molar-refractivity contribution in [3.63, 3.8) is 0 Å². The number of anilines is 1. The molecule has 0 saturated carbocycles. The lowest BCUT2D eigenvalue weighted by Gasteiger charge is -2.17. The molecule has 1 aliphatic heterocycles. The highest BCUT2D eigenvalue weighted by molar-refractivity contribution is 6.02. The van der Waals surface area contributed by atoms with E-state index in [9.17, 15) is 4.79 Å². The van der Waals surface area contributed by atoms with E-state index in [2.05, 4.69) is 43.5 Å². The largest absolute Gasteiger partial charge is 0.324 e. The minimum Gasteiger partial charge on any atom is -0.324 e. The Balaban J connectivity index is 2.28. The van der Waals surface area contributed by atoms with E-state index in [1.165, 1.54) is 5.56 Å². The monoisotopic (exact) mass is 232 g/mol. The van der Waals surface area contributed by atoms with Gasteiger partial charge in [-0.15, -0.1) is 0 Å². The molecule has 2 atom stereocenters. The number of aryl methyl sites for hydroxylation is 1. The van der Waals surface area contributed by atoms with Crippen LogP contribution in [0.4, 0.5) is 5.69 Å². The molecule has 3 nitrogen and oxygen atoms in total. The third-order valence-corrected chi connectivity index (χ3v) is 3.42. The van der Waals surface area contributed by atoms with Gasteiger partial charge in [-0.05, 0) is 31.4 Å². The van der Waals surface area contributed by atoms with E-state index in [4.69, 9.17) is 0 Å². The lowest BCUT2D eigenvalue weighted by atomic mass is 10.0. The molecule has 0 aromatic heterocycles. The summed E-state index contributed by atoms with van der Waals surface area (Å²) in [5.41, 5.74) is 3.32. The fourth-order valence-electron chi connectivity index (χ4n) is 2.10. The van der Waals surface area contributed by atoms with Crippen LogP contribution in [0, 0.1) is 0 Å². The fourth-order valence-corrected chi connectivity index (χ4v) is 2.10. The molecular formula is C14H20N2O. The maximum atomic E-state index is 11.9. The van der Waals surface area contributed by atoms with Crippen LogP contribution < -0.4 is 10.6 Å². The Hall–Kier alpha value is -1.35. The zero-order valence-corrected chi connectivity index (χ0v) is 10.7. The lowest BCUT2D eigenvalue weighted by molar-refractivity contribution is -0.117. The van der Waals surface area contributed by atoms with Crippen LogP contribution in [-0.4, -0.2) is 11.9 Å². The Labute approximate surface area is 103 Å². The predicted octanol–water partition coefficient (Wildman–Crippen LogP) is 2.63. The van der Waals surface area contributed by atoms with E-state index in [1.807, 2.05) is 6.07 Å². The summed E-state index contributed by atoms with van der Waals surface area (Å²) in [4.78, 5) is 11.9. The van der Waals surface area contributed by atoms with Gasteiger partial charge >= 0.3 is 0 Å². The number of hydrogen-bond acceptors (Lipinski definition) is 2. The van der Waals surface area contributed by atoms with Gasteiger partial charge in [-0.1, -0.05) is 26.0 Å². The number of amides is 1. The first-order valence-corrected chi connectivity index (χ1v) is 6.35. The number of benzene rings is 1. The number of hydrogen-bond donors (Lipinski definition) is 2. The van der Waals surface area contributed by atoms with Gasteiger partial charge in [-0.3, -0.25) is 10.1 Å². The molecule has 1 heterocycles. The SMILES string of the molecule is CCc1ccc2c(c1)C(NC(C)CC)C(=O)N2. The number of rotatable bonds is 4. The minimum atomic E-state index is -0.188. The number of carbonyl (C=O) groups excluding carboxylic acids is 1. The molecule has 2 unspecified atom stereocenters. The average molecular weight is 232 g/mol. The molecule has 92 valence electrons. The normalized spacial score (nSPS) is 19.9. The van der Waals surface area contributed by atoms with Crippen molar-refractivity contribution in [2.45, 2.75) is 45.7 Å². The summed E-state index contributed by atoms with van der Waals surface area (Å²) in [5, 5.41) is 6.30. The van der Waals surface area contributed by atoms with E-state index < -0.39 is 0 Å². The van der Waals surface area contributed by atoms with Gasteiger partial charge in [0.25, 0.3) is 0 Å². The average Bonchev–Trinajstić information content (AvgIpc) is 2.65. The minimum absolute atomic E-state index is 0.0635. The van der Waals surface area contributed by atoms with Gasteiger partial charge in [0, 0.05) is 17.3 Å². The van der Waals surface area contributed by atoms with Crippen LogP contribution in [0.25, 0.3) is 0 Å². The molecule has 1 aliphatic rings. The van der Waals surface area contributed by atoms with Gasteiger partial charge < -0.3 is 5.32 Å². The Bertz CT molecular complexity index is 428. The van der Waals surface area contributed by atoms with Crippen LogP contribution in [0.3, 0.4) is 0 Å². The zero-order chi connectivity index (χ0) is 12.4. The molecule has 1 aromatic carbocycles. The third kappa shape index (κ3) is 2.34. The number of fused-ring (bicyclic) bond motifs is 1. The van der Waals surface area contributed by atoms with Gasteiger partial charge in [0.05, 0.1) is 0 Å². The van der Waals surface area contributed by atoms with E-state index in [0.29, 0.717) is 6.04 Å². The molecule has 0 bridgehead atoms. The maximum Gasteiger partial charge on any atom is 0.246 e. The summed E-state index contributed by atoms with van der Waals surface area (Å²) in [5.74, 6) is 0.0635. The molecule has 0 aliphatic carbocycles. The summed E-state index contributed by atoms with van der Waals surface area (Å²) in [6.45, 7) is 6.35. The van der Waals surface area contributed by atoms with Crippen molar-refractivity contribution in [2.75, 3.05) is 5.32 Å². The molecule has 1 amide bonds. The quantitative estimate of drug-likeness (QED) is 0.838. The van der Waals surface area contributed by atoms with Crippen molar-refractivity contribution < 1.29 is 4.79 Å². The summed E-state index contributed by atoms with van der Waals surface area (Å²) in [6, 6.07) is 6.37. The second-order valence-corrected chi connectivity index (χ2v) is 4.67. The molecule has 3 heteroatoms. The molecule has 0 saturated heterocycles. The molecular weight excluding hydrogens is 212 g/mol. The van der Waals surface area contributed by atoms with Gasteiger partial charge in [0.15, 0.2) is 0 Å². The first-order valence-electron chi connectivity index (χ1n) is 6.35. The number of carbonyl (C=O) groups is 1. The lowest BCUT2D eigenvalue weighted by Crippen LogP contribution is -2.34. The second kappa shape index (κ2) is 4.88. The highest BCUT2D eigenvalue weighted by atomic mass is 16.2. The molecule has 0 radical (unpaired) electrons. The summed E-state index contributed by atoms with van der Waals surface area (Å²) >= 11 is 0. The predicted molar refractivity (Wildman–Crippen MR) is 70.1 cm³/mol. The Kier molecular flexibility index (Phi) is 3.48. The zero-order valence-electron chi connectivity index (χ0n) is 10.7. The standard InChI is InChI=1S/C14H20N2O/c1-4-9(3)15-13-11-8-10(5-2)6-7-12(11)16-14(13)17/h6-9,13,15H,4-5H2,1-3H3,(H,16,17). The van der Waals surface area contributed by atoms with Crippen molar-refractivity contribution in [1.82, 2.24) is 5.32 Å². The van der Waals surface area contributed by atoms with E-state index in [1.54, 1.807) is 0 Å². The van der Waals surface area contributed by atoms with Crippen LogP contribution in [0.2, 0.25) is 0 Å². The Morgan fingerprint density at radius 1 is 1.41 bits per heavy atom. The molecule has 1 aromatic rings. The summed E-state index contributed by atoms with van der Waals surface area (Å²) in [7, 11) is 0. The van der Waals surface area contributed by atoms with Crippen molar-refractivity contribution in [1.29, 1.82) is 0 Å². The first kappa shape index (κ1) is 12.1. The van der Waals surface area contributed by atoms with E-state index in [-0.39, 0.29) is 11.9 Å². The topological polar surface area (TPSA) is 41.1 Å². The van der Waals surface area contributed by atoms with Gasteiger partial charge in [0.2, 0.25) is 5.91 Å². The van der Waals surface area contributed by atoms with Crippen molar-refractivity contribution in [3.05, 3.63) is 29.3 Å². The van der Waals surface area contributed by atoms with Crippen molar-refractivity contribution in [2.24, 2.45) is 0 Å². The van der Waals surface area contributed by atoms with E-state index >= 15 is 0 Å². The summed E-state index contributed by atoms with van der Waals surface area (Å²) < 4.78 is 0. The van der Waals surface area contributed by atoms with Crippen LogP contribution in [0.15, 0.2) is 18.2 Å². The van der Waals surface area contributed by atoms with Crippen LogP contribution >= 0.6 is 0 Å². The second-order valence-electron chi connectivity index (χ2n) is 4.67. The molecule has 17 heavy (non-hydrogen) atoms. The van der Waals surface area contributed by atoms with Gasteiger partial charge in [-0.25, -0.2) is 0 Å². The maximum absolute atomic E-state index is 11.9. The molecule has 0 spiro atoms. The highest BCUT2D eigenvalue weighted by Gasteiger charge is 2.30. The molecule has 2 rings (SSSR count). The Morgan fingerprint density at radius 2 is 2.18 bits per heavy atom. The highest BCUT2D eigenvalue weighted by Crippen LogP contribution is 2.32. The van der Waals surface area contributed by atoms with Crippen LogP contribution in [0.5, 0.6) is 0 Å². The first-order chi connectivity index (χ1) is 8.15. The third-order valence-electron chi connectivity index (χ3n) is 3.42. The molecule has 2 N–H and O–H groups in total. The molecule has 0 fully saturated rings. The van der Waals surface area contributed by atoms with E-state index in [0.717, 1.165) is 24.1 Å². The van der Waals surface area contributed by atoms with Crippen molar-refractivity contribution >= 4 is 11.6 Å². The van der Waals surface area contributed by atoms with Gasteiger partial charge in [-0.2, -0.15) is 0 Å². The van der Waals surface area contributed by atoms with Gasteiger partial charge in [0.1, 0.15) is 6.04 Å². The van der Waals surface area contributed by atoms with Crippen molar-refractivity contribution in [3.8, 4) is 0 Å². The number of nitrogens with one attached hydrogen (secondary N) is 2. The Morgan fingerprint density at radius 3 is 2.82 bits per heavy atom. The fraction of sp³-hybridized carbons (Fsp3) is 0.500. The smallest absolute Gasteiger partial charge is 0.246 e. The van der Waals surface area contributed by atoms with Crippen LogP contribution in [-0.2, 0) is 11.2 Å². The summed E-state index contributed by atoms with van der Waals surface area (Å²) in [6.07, 6.45) is 2.02.